The second kappa shape index (κ2) is 23.7. The first-order valence-electron chi connectivity index (χ1n) is 21.3. The summed E-state index contributed by atoms with van der Waals surface area (Å²) in [6.07, 6.45) is -17.0. The van der Waals surface area contributed by atoms with Gasteiger partial charge in [-0.1, -0.05) is 64.7 Å². The number of ether oxygens (including phenoxy) is 10. The van der Waals surface area contributed by atoms with E-state index in [4.69, 9.17) is 47.4 Å². The molecule has 344 valence electrons. The molecule has 4 aliphatic heterocycles. The third kappa shape index (κ3) is 13.4. The van der Waals surface area contributed by atoms with Crippen LogP contribution in [0.3, 0.4) is 0 Å². The number of aliphatic hydroxyl groups excluding tert-OH is 7. The minimum absolute atomic E-state index is 0.319. The van der Waals surface area contributed by atoms with E-state index in [0.717, 1.165) is 39.5 Å². The molecule has 0 unspecified atom stereocenters. The van der Waals surface area contributed by atoms with E-state index in [-0.39, 0.29) is 0 Å². The molecule has 0 bridgehead atoms. The number of carbonyl (C=O) groups is 2. The molecule has 0 aliphatic carbocycles. The number of unbranched alkanes of at least 4 members (excludes halogenated alkanes) is 9. The summed E-state index contributed by atoms with van der Waals surface area (Å²) in [5.74, 6) is -1.62. The smallest absolute Gasteiger partial charge is 0.303 e. The lowest BCUT2D eigenvalue weighted by Gasteiger charge is -2.49. The molecule has 0 aromatic heterocycles. The predicted octanol–water partition coefficient (Wildman–Crippen LogP) is 0.448. The maximum Gasteiger partial charge on any atom is 0.303 e. The molecule has 4 heterocycles. The summed E-state index contributed by atoms with van der Waals surface area (Å²) in [5.41, 5.74) is 0. The Balaban J connectivity index is 1.43. The molecular formula is C40H70O19. The van der Waals surface area contributed by atoms with Crippen LogP contribution in [-0.4, -0.2) is 177 Å². The van der Waals surface area contributed by atoms with E-state index in [1.54, 1.807) is 6.92 Å². The van der Waals surface area contributed by atoms with Crippen molar-refractivity contribution < 1.29 is 92.7 Å². The molecule has 0 saturated carbocycles. The van der Waals surface area contributed by atoms with E-state index in [1.807, 2.05) is 0 Å². The van der Waals surface area contributed by atoms with E-state index in [1.165, 1.54) is 59.3 Å². The highest BCUT2D eigenvalue weighted by Gasteiger charge is 2.56. The lowest BCUT2D eigenvalue weighted by Crippen LogP contribution is -2.67. The van der Waals surface area contributed by atoms with Crippen LogP contribution < -0.4 is 0 Å². The lowest BCUT2D eigenvalue weighted by molar-refractivity contribution is -0.384. The minimum Gasteiger partial charge on any atom is -0.457 e. The average Bonchev–Trinajstić information content (AvgIpc) is 3.18. The first-order valence-corrected chi connectivity index (χ1v) is 21.3. The van der Waals surface area contributed by atoms with Gasteiger partial charge in [0.1, 0.15) is 61.0 Å². The average molecular weight is 855 g/mol. The summed E-state index contributed by atoms with van der Waals surface area (Å²) in [5, 5.41) is 76.3. The maximum absolute atomic E-state index is 12.4. The van der Waals surface area contributed by atoms with Crippen LogP contribution in [0.15, 0.2) is 0 Å². The first-order chi connectivity index (χ1) is 28.0. The van der Waals surface area contributed by atoms with Gasteiger partial charge in [0.2, 0.25) is 0 Å². The minimum atomic E-state index is -1.79. The fourth-order valence-electron chi connectivity index (χ4n) is 7.89. The number of rotatable bonds is 20. The lowest BCUT2D eigenvalue weighted by atomic mass is 9.95. The third-order valence-electron chi connectivity index (χ3n) is 11.4. The van der Waals surface area contributed by atoms with Crippen LogP contribution in [-0.2, 0) is 57.0 Å². The molecule has 4 fully saturated rings. The Labute approximate surface area is 346 Å². The number of hydrogen-bond donors (Lipinski definition) is 7. The second-order valence-corrected chi connectivity index (χ2v) is 16.3. The second-order valence-electron chi connectivity index (χ2n) is 16.3. The van der Waals surface area contributed by atoms with Gasteiger partial charge in [-0.25, -0.2) is 0 Å². The predicted molar refractivity (Wildman–Crippen MR) is 203 cm³/mol. The summed E-state index contributed by atoms with van der Waals surface area (Å²) in [6.45, 7) is 10.7. The normalized spacial score (nSPS) is 42.9. The SMILES string of the molecule is CCCCCCCCCCCCO[C@@H]1O[C@@H](C)[C@H](O[C@@H]2O[C@@H](C)[C@H](OC(C)=O)[C@@H](O[C@@H]3O[C@@H](C)[C@H](O)[C@@H](O[C@@H]4O[C@@H](C)[C@H](O)[C@@H](O)[C@H]4O)[C@H]3OC(C)=O)[C@H]2O)[C@@H](O)[C@H]1O. The van der Waals surface area contributed by atoms with Gasteiger partial charge in [-0.2, -0.15) is 0 Å². The van der Waals surface area contributed by atoms with Gasteiger partial charge in [0.05, 0.1) is 24.4 Å². The monoisotopic (exact) mass is 854 g/mol. The van der Waals surface area contributed by atoms with Gasteiger partial charge in [-0.15, -0.1) is 0 Å². The zero-order valence-corrected chi connectivity index (χ0v) is 35.4. The van der Waals surface area contributed by atoms with Crippen molar-refractivity contribution in [2.45, 2.75) is 235 Å². The van der Waals surface area contributed by atoms with Crippen molar-refractivity contribution in [3.8, 4) is 0 Å². The molecule has 0 radical (unpaired) electrons. The first kappa shape index (κ1) is 50.0. The standard InChI is InChI=1S/C40H70O19/c1-8-9-10-11-12-13-14-15-16-17-18-50-37-30(48)28(46)32(21(4)53-37)57-39-31(49)35(33(22(5)54-39)55-23(6)41)59-40-36(56-24(7)42)34(26(44)20(3)52-40)58-38-29(47)27(45)25(43)19(2)51-38/h19-22,25-40,43-49H,8-18H2,1-7H3/t19-,20-,21-,22-,25-,26-,27+,28-,29+,30+,31+,32-,33-,34+,35-,36+,37+,38-,39-,40-/m0/s1. The molecule has 0 aromatic carbocycles. The molecule has 0 spiro atoms. The quantitative estimate of drug-likeness (QED) is 0.0647. The largest absolute Gasteiger partial charge is 0.457 e. The summed E-state index contributed by atoms with van der Waals surface area (Å²) in [7, 11) is 0. The molecule has 7 N–H and O–H groups in total. The van der Waals surface area contributed by atoms with Crippen LogP contribution in [0, 0.1) is 0 Å². The van der Waals surface area contributed by atoms with E-state index in [2.05, 4.69) is 6.92 Å². The molecule has 59 heavy (non-hydrogen) atoms. The molecule has 4 aliphatic rings. The zero-order chi connectivity index (χ0) is 43.6. The van der Waals surface area contributed by atoms with Crippen molar-refractivity contribution in [3.05, 3.63) is 0 Å². The Morgan fingerprint density at radius 3 is 1.46 bits per heavy atom. The van der Waals surface area contributed by atoms with Gasteiger partial charge in [0.25, 0.3) is 0 Å². The van der Waals surface area contributed by atoms with Gasteiger partial charge < -0.3 is 83.1 Å². The highest BCUT2D eigenvalue weighted by atomic mass is 16.8. The Morgan fingerprint density at radius 1 is 0.424 bits per heavy atom. The Hall–Kier alpha value is -1.66. The van der Waals surface area contributed by atoms with Gasteiger partial charge in [-0.05, 0) is 34.1 Å². The Kier molecular flexibility index (Phi) is 20.1. The Bertz CT molecular complexity index is 1260. The third-order valence-corrected chi connectivity index (χ3v) is 11.4. The van der Waals surface area contributed by atoms with E-state index in [9.17, 15) is 45.3 Å². The number of esters is 2. The van der Waals surface area contributed by atoms with Gasteiger partial charge in [0, 0.05) is 20.5 Å². The maximum atomic E-state index is 12.4. The summed E-state index contributed by atoms with van der Waals surface area (Å²) >= 11 is 0. The molecule has 0 aromatic rings. The zero-order valence-electron chi connectivity index (χ0n) is 35.4. The van der Waals surface area contributed by atoms with E-state index < -0.39 is 135 Å². The van der Waals surface area contributed by atoms with Gasteiger partial charge in [0.15, 0.2) is 37.4 Å². The van der Waals surface area contributed by atoms with Gasteiger partial charge >= 0.3 is 11.9 Å². The van der Waals surface area contributed by atoms with Crippen molar-refractivity contribution in [2.75, 3.05) is 6.61 Å². The van der Waals surface area contributed by atoms with E-state index in [0.29, 0.717) is 6.61 Å². The van der Waals surface area contributed by atoms with Crippen molar-refractivity contribution in [1.82, 2.24) is 0 Å². The summed E-state index contributed by atoms with van der Waals surface area (Å²) in [6, 6.07) is 0. The van der Waals surface area contributed by atoms with Crippen LogP contribution >= 0.6 is 0 Å². The van der Waals surface area contributed by atoms with Crippen molar-refractivity contribution in [1.29, 1.82) is 0 Å². The summed E-state index contributed by atoms with van der Waals surface area (Å²) < 4.78 is 58.4. The number of carbonyl (C=O) groups excluding carboxylic acids is 2. The topological polar surface area (TPSA) is 268 Å². The van der Waals surface area contributed by atoms with Crippen molar-refractivity contribution >= 4 is 11.9 Å². The molecule has 19 heteroatoms. The van der Waals surface area contributed by atoms with Crippen LogP contribution in [0.5, 0.6) is 0 Å². The highest BCUT2D eigenvalue weighted by Crippen LogP contribution is 2.36. The molecule has 19 nitrogen and oxygen atoms in total. The fourth-order valence-corrected chi connectivity index (χ4v) is 7.89. The van der Waals surface area contributed by atoms with Crippen LogP contribution in [0.4, 0.5) is 0 Å². The van der Waals surface area contributed by atoms with Crippen molar-refractivity contribution in [2.24, 2.45) is 0 Å². The van der Waals surface area contributed by atoms with Crippen LogP contribution in [0.25, 0.3) is 0 Å². The highest BCUT2D eigenvalue weighted by molar-refractivity contribution is 5.66. The molecule has 20 atom stereocenters. The Morgan fingerprint density at radius 2 is 0.847 bits per heavy atom. The van der Waals surface area contributed by atoms with Crippen molar-refractivity contribution in [3.63, 3.8) is 0 Å². The number of hydrogen-bond acceptors (Lipinski definition) is 19. The molecule has 4 saturated heterocycles. The van der Waals surface area contributed by atoms with Crippen LogP contribution in [0.2, 0.25) is 0 Å². The van der Waals surface area contributed by atoms with E-state index >= 15 is 0 Å². The molecule has 4 rings (SSSR count). The van der Waals surface area contributed by atoms with Gasteiger partial charge in [-0.3, -0.25) is 9.59 Å². The number of aliphatic hydroxyl groups is 7. The fraction of sp³-hybridized carbons (Fsp3) is 0.950. The molecule has 0 amide bonds. The molecular weight excluding hydrogens is 784 g/mol. The summed E-state index contributed by atoms with van der Waals surface area (Å²) in [4.78, 5) is 24.7. The van der Waals surface area contributed by atoms with Crippen LogP contribution in [0.1, 0.15) is 113 Å².